The van der Waals surface area contributed by atoms with Crippen molar-refractivity contribution in [2.75, 3.05) is 0 Å². The van der Waals surface area contributed by atoms with Gasteiger partial charge >= 0.3 is 0 Å². The summed E-state index contributed by atoms with van der Waals surface area (Å²) in [5, 5.41) is 38.6. The lowest BCUT2D eigenvalue weighted by atomic mass is 9.99. The van der Waals surface area contributed by atoms with Crippen LogP contribution in [0.5, 0.6) is 0 Å². The van der Waals surface area contributed by atoms with Crippen LogP contribution in [0.25, 0.3) is 200 Å². The third-order valence-electron chi connectivity index (χ3n) is 24.2. The van der Waals surface area contributed by atoms with Crippen LogP contribution in [0.15, 0.2) is 419 Å². The Morgan fingerprint density at radius 2 is 0.488 bits per heavy atom. The molecule has 0 bridgehead atoms. The van der Waals surface area contributed by atoms with E-state index in [1.54, 1.807) is 12.1 Å². The van der Waals surface area contributed by atoms with Crippen molar-refractivity contribution in [1.29, 1.82) is 15.8 Å². The minimum atomic E-state index is 0.475. The van der Waals surface area contributed by atoms with Gasteiger partial charge in [-0.25, -0.2) is 15.0 Å². The molecule has 23 rings (SSSR count). The standard InChI is InChI=1S/C52H35N5.C33H21N3.C32H22N2/c1-34-21-28-47-43(31-34)45-33-39(38-24-29-48-44(32-38)42-19-11-12-20-46(42)56(48)40-17-9-4-10-18-40)25-30-49(45)57(47)41-26-22-37(23-27-41)52-54-50(35-13-5-2-6-14-35)53-51(55-52)36-15-7-3-8-16-36;1-22-6-5-9-25(16-22)27-12-15-33-30(19-27)29-18-26(24-7-3-2-4-8-24)11-14-32(29)36(33)31-13-10-23(20-34)17-28(31)21-35;1-22-8-7-12-24(18-22)26-15-17-32-29(20-26)28-19-25(23-9-3-2-4-10-23)14-16-31(28)34(32)30-13-6-5-11-27(30)21-33/h2-33H,1H3;2-19H,1H3;2-20H,1H3. The van der Waals surface area contributed by atoms with Crippen molar-refractivity contribution in [1.82, 2.24) is 33.2 Å². The number of aryl methyl sites for hydroxylation is 3. The van der Waals surface area contributed by atoms with Gasteiger partial charge < -0.3 is 18.3 Å². The van der Waals surface area contributed by atoms with Crippen molar-refractivity contribution < 1.29 is 0 Å². The predicted octanol–water partition coefficient (Wildman–Crippen LogP) is 29.5. The number of nitrogens with zero attached hydrogens (tertiary/aromatic N) is 10. The van der Waals surface area contributed by atoms with E-state index in [9.17, 15) is 15.8 Å². The second kappa shape index (κ2) is 32.9. The number of benzene rings is 18. The summed E-state index contributed by atoms with van der Waals surface area (Å²) in [5.74, 6) is 1.94. The zero-order valence-electron chi connectivity index (χ0n) is 69.8. The van der Waals surface area contributed by atoms with Gasteiger partial charge in [0.05, 0.1) is 78.3 Å². The Morgan fingerprint density at radius 3 is 0.913 bits per heavy atom. The first-order valence-electron chi connectivity index (χ1n) is 42.5. The molecule has 10 nitrogen and oxygen atoms in total. The number of fused-ring (bicyclic) bond motifs is 12. The largest absolute Gasteiger partial charge is 0.309 e. The minimum absolute atomic E-state index is 0.475. The highest BCUT2D eigenvalue weighted by Crippen LogP contribution is 2.44. The lowest BCUT2D eigenvalue weighted by molar-refractivity contribution is 1.07. The van der Waals surface area contributed by atoms with Gasteiger partial charge in [-0.3, -0.25) is 0 Å². The van der Waals surface area contributed by atoms with Crippen molar-refractivity contribution >= 4 is 87.2 Å². The van der Waals surface area contributed by atoms with Gasteiger partial charge in [0.15, 0.2) is 17.5 Å². The van der Waals surface area contributed by atoms with Crippen LogP contribution < -0.4 is 0 Å². The van der Waals surface area contributed by atoms with E-state index in [0.29, 0.717) is 34.2 Å². The van der Waals surface area contributed by atoms with Crippen LogP contribution in [0.2, 0.25) is 0 Å². The fourth-order valence-corrected chi connectivity index (χ4v) is 18.1. The maximum absolute atomic E-state index is 9.92. The average Bonchev–Trinajstić information content (AvgIpc) is 1.59. The zero-order chi connectivity index (χ0) is 85.6. The highest BCUT2D eigenvalue weighted by atomic mass is 15.0. The summed E-state index contributed by atoms with van der Waals surface area (Å²) in [6.07, 6.45) is 0. The molecule has 0 saturated carbocycles. The molecule has 5 aromatic heterocycles. The summed E-state index contributed by atoms with van der Waals surface area (Å²) in [6, 6.07) is 153. The highest BCUT2D eigenvalue weighted by molar-refractivity contribution is 6.15. The molecule has 127 heavy (non-hydrogen) atoms. The highest BCUT2D eigenvalue weighted by Gasteiger charge is 2.23. The summed E-state index contributed by atoms with van der Waals surface area (Å²) in [7, 11) is 0. The molecule has 596 valence electrons. The molecular weight excluding hydrogens is 1550 g/mol. The Balaban J connectivity index is 0.000000122. The van der Waals surface area contributed by atoms with Crippen LogP contribution in [0, 0.1) is 54.8 Å². The van der Waals surface area contributed by atoms with Crippen LogP contribution >= 0.6 is 0 Å². The van der Waals surface area contributed by atoms with E-state index in [0.717, 1.165) is 94.5 Å². The molecule has 0 N–H and O–H groups in total. The molecule has 0 aliphatic rings. The normalized spacial score (nSPS) is 11.2. The molecule has 0 spiro atoms. The molecule has 18 aromatic carbocycles. The number of hydrogen-bond acceptors (Lipinski definition) is 6. The van der Waals surface area contributed by atoms with E-state index in [2.05, 4.69) is 361 Å². The van der Waals surface area contributed by atoms with Gasteiger partial charge in [0.1, 0.15) is 12.1 Å². The van der Waals surface area contributed by atoms with Crippen molar-refractivity contribution in [3.63, 3.8) is 0 Å². The smallest absolute Gasteiger partial charge is 0.164 e. The summed E-state index contributed by atoms with van der Waals surface area (Å²) in [4.78, 5) is 14.8. The van der Waals surface area contributed by atoms with Crippen LogP contribution in [-0.4, -0.2) is 33.2 Å². The fourth-order valence-electron chi connectivity index (χ4n) is 18.1. The van der Waals surface area contributed by atoms with E-state index < -0.39 is 0 Å². The zero-order valence-corrected chi connectivity index (χ0v) is 69.8. The third-order valence-corrected chi connectivity index (χ3v) is 24.2. The van der Waals surface area contributed by atoms with Crippen LogP contribution in [-0.2, 0) is 0 Å². The van der Waals surface area contributed by atoms with Crippen LogP contribution in [0.1, 0.15) is 33.4 Å². The maximum Gasteiger partial charge on any atom is 0.164 e. The fraction of sp³-hybridized carbons (Fsp3) is 0.0256. The van der Waals surface area contributed by atoms with Crippen LogP contribution in [0.4, 0.5) is 0 Å². The maximum atomic E-state index is 9.92. The van der Waals surface area contributed by atoms with Gasteiger partial charge in [-0.2, -0.15) is 15.8 Å². The Hall–Kier alpha value is -17.4. The molecule has 0 atom stereocenters. The Morgan fingerprint density at radius 1 is 0.189 bits per heavy atom. The van der Waals surface area contributed by atoms with Gasteiger partial charge in [-0.05, 0) is 234 Å². The number of aromatic nitrogens is 7. The lowest BCUT2D eigenvalue weighted by Crippen LogP contribution is -2.00. The molecule has 0 amide bonds. The molecular formula is C117H78N10. The molecule has 5 heterocycles. The molecule has 0 aliphatic heterocycles. The summed E-state index contributed by atoms with van der Waals surface area (Å²) < 4.78 is 9.09. The Bertz CT molecular complexity index is 8310. The first-order valence-corrected chi connectivity index (χ1v) is 42.5. The topological polar surface area (TPSA) is 130 Å². The second-order valence-electron chi connectivity index (χ2n) is 32.2. The number of hydrogen-bond donors (Lipinski definition) is 0. The Labute approximate surface area is 734 Å². The van der Waals surface area contributed by atoms with E-state index in [1.165, 1.54) is 105 Å². The SMILES string of the molecule is Cc1ccc2c(c1)c1cc(-c3ccc4c(c3)c3ccccc3n4-c3ccccc3)ccc1n2-c1ccc(-c2nc(-c3ccccc3)nc(-c3ccccc3)n2)cc1.Cc1cccc(-c2ccc3c(c2)c2cc(-c4ccccc4)ccc2n3-c2ccc(C#N)cc2C#N)c1.Cc1cccc(-c2ccc3c(c2)c2cc(-c4ccccc4)ccc2n3-c2ccccc2C#N)c1. The molecule has 0 radical (unpaired) electrons. The first-order chi connectivity index (χ1) is 62.5. The average molecular weight is 1620 g/mol. The molecule has 0 unspecified atom stereocenters. The predicted molar refractivity (Wildman–Crippen MR) is 522 cm³/mol. The monoisotopic (exact) mass is 1620 g/mol. The van der Waals surface area contributed by atoms with E-state index in [1.807, 2.05) is 103 Å². The Kier molecular flexibility index (Phi) is 19.9. The summed E-state index contributed by atoms with van der Waals surface area (Å²) in [5.41, 5.74) is 32.8. The van der Waals surface area contributed by atoms with Gasteiger partial charge in [0.2, 0.25) is 0 Å². The molecule has 0 fully saturated rings. The summed E-state index contributed by atoms with van der Waals surface area (Å²) >= 11 is 0. The van der Waals surface area contributed by atoms with Crippen LogP contribution in [0.3, 0.4) is 0 Å². The van der Waals surface area contributed by atoms with E-state index in [4.69, 9.17) is 15.0 Å². The van der Waals surface area contributed by atoms with Crippen molar-refractivity contribution in [2.24, 2.45) is 0 Å². The van der Waals surface area contributed by atoms with E-state index in [-0.39, 0.29) is 0 Å². The molecule has 0 saturated heterocycles. The number of para-hydroxylation sites is 3. The number of nitriles is 3. The summed E-state index contributed by atoms with van der Waals surface area (Å²) in [6.45, 7) is 6.40. The minimum Gasteiger partial charge on any atom is -0.309 e. The van der Waals surface area contributed by atoms with Gasteiger partial charge in [-0.1, -0.05) is 278 Å². The van der Waals surface area contributed by atoms with Gasteiger partial charge in [-0.15, -0.1) is 0 Å². The molecule has 10 heteroatoms. The van der Waals surface area contributed by atoms with Crippen molar-refractivity contribution in [2.45, 2.75) is 20.8 Å². The van der Waals surface area contributed by atoms with Crippen molar-refractivity contribution in [3.8, 4) is 131 Å². The lowest BCUT2D eigenvalue weighted by Gasteiger charge is -2.11. The molecule has 0 aliphatic carbocycles. The third kappa shape index (κ3) is 14.4. The second-order valence-corrected chi connectivity index (χ2v) is 32.2. The van der Waals surface area contributed by atoms with Gasteiger partial charge in [0.25, 0.3) is 0 Å². The first kappa shape index (κ1) is 77.0. The van der Waals surface area contributed by atoms with Gasteiger partial charge in [0, 0.05) is 71.2 Å². The molecule has 23 aromatic rings. The van der Waals surface area contributed by atoms with Crippen molar-refractivity contribution in [3.05, 3.63) is 452 Å². The quantitative estimate of drug-likeness (QED) is 0.120. The van der Waals surface area contributed by atoms with E-state index >= 15 is 0 Å². The number of rotatable bonds is 12.